The summed E-state index contributed by atoms with van der Waals surface area (Å²) in [4.78, 5) is 10.8. The zero-order valence-electron chi connectivity index (χ0n) is 16.7. The summed E-state index contributed by atoms with van der Waals surface area (Å²) in [6.07, 6.45) is 7.45. The number of nitrogens with one attached hydrogen (secondary N) is 2. The molecule has 1 fully saturated rings. The van der Waals surface area contributed by atoms with E-state index in [9.17, 15) is 0 Å². The molecule has 0 aliphatic carbocycles. The zero-order chi connectivity index (χ0) is 19.9. The molecule has 0 amide bonds. The van der Waals surface area contributed by atoms with E-state index in [0.717, 1.165) is 37.0 Å². The van der Waals surface area contributed by atoms with Crippen LogP contribution in [0.1, 0.15) is 30.2 Å². The van der Waals surface area contributed by atoms with E-state index in [2.05, 4.69) is 48.8 Å². The van der Waals surface area contributed by atoms with Crippen molar-refractivity contribution in [3.8, 4) is 5.69 Å². The van der Waals surface area contributed by atoms with Crippen LogP contribution in [0, 0.1) is 0 Å². The van der Waals surface area contributed by atoms with Gasteiger partial charge in [0.1, 0.15) is 18.4 Å². The molecule has 8 nitrogen and oxygen atoms in total. The first-order valence-electron chi connectivity index (χ1n) is 9.99. The summed E-state index contributed by atoms with van der Waals surface area (Å²) in [6, 6.07) is 12.4. The minimum atomic E-state index is 0.216. The second-order valence-electron chi connectivity index (χ2n) is 7.09. The number of likely N-dealkylation sites (tertiary alicyclic amines) is 1. The smallest absolute Gasteiger partial charge is 0.191 e. The van der Waals surface area contributed by atoms with Crippen LogP contribution in [0.4, 0.5) is 0 Å². The lowest BCUT2D eigenvalue weighted by Crippen LogP contribution is -2.42. The van der Waals surface area contributed by atoms with Crippen LogP contribution in [-0.4, -0.2) is 52.3 Å². The van der Waals surface area contributed by atoms with Crippen molar-refractivity contribution >= 4 is 5.96 Å². The maximum atomic E-state index is 5.69. The van der Waals surface area contributed by atoms with Crippen LogP contribution in [-0.2, 0) is 6.54 Å². The number of benzene rings is 1. The Bertz CT molecular complexity index is 882. The Morgan fingerprint density at radius 1 is 1.17 bits per heavy atom. The Hall–Kier alpha value is -3.13. The van der Waals surface area contributed by atoms with Crippen molar-refractivity contribution in [1.29, 1.82) is 0 Å². The van der Waals surface area contributed by atoms with E-state index in [0.29, 0.717) is 6.54 Å². The number of furan rings is 1. The topological polar surface area (TPSA) is 83.5 Å². The largest absolute Gasteiger partial charge is 0.468 e. The molecule has 0 saturated carbocycles. The minimum absolute atomic E-state index is 0.216. The lowest BCUT2D eigenvalue weighted by molar-refractivity contribution is 0.215. The summed E-state index contributed by atoms with van der Waals surface area (Å²) >= 11 is 0. The van der Waals surface area contributed by atoms with E-state index in [4.69, 9.17) is 4.42 Å². The summed E-state index contributed by atoms with van der Waals surface area (Å²) in [5.41, 5.74) is 2.15. The third-order valence-electron chi connectivity index (χ3n) is 5.22. The van der Waals surface area contributed by atoms with Gasteiger partial charge in [0.05, 0.1) is 18.0 Å². The minimum Gasteiger partial charge on any atom is -0.468 e. The van der Waals surface area contributed by atoms with E-state index in [1.54, 1.807) is 24.3 Å². The molecule has 2 N–H and O–H groups in total. The normalized spacial score (nSPS) is 16.1. The van der Waals surface area contributed by atoms with E-state index in [-0.39, 0.29) is 6.04 Å². The number of hydrogen-bond acceptors (Lipinski definition) is 5. The van der Waals surface area contributed by atoms with Crippen molar-refractivity contribution < 1.29 is 4.42 Å². The Labute approximate surface area is 170 Å². The van der Waals surface area contributed by atoms with Crippen LogP contribution >= 0.6 is 0 Å². The highest BCUT2D eigenvalue weighted by molar-refractivity contribution is 5.79. The number of rotatable bonds is 7. The molecule has 3 heterocycles. The molecule has 1 atom stereocenters. The lowest BCUT2D eigenvalue weighted by Gasteiger charge is -2.26. The van der Waals surface area contributed by atoms with Crippen molar-refractivity contribution in [2.45, 2.75) is 25.4 Å². The van der Waals surface area contributed by atoms with Crippen LogP contribution in [0.15, 0.2) is 64.7 Å². The molecule has 0 radical (unpaired) electrons. The summed E-state index contributed by atoms with van der Waals surface area (Å²) in [5.74, 6) is 1.78. The summed E-state index contributed by atoms with van der Waals surface area (Å²) in [5, 5.41) is 11.0. The first-order chi connectivity index (χ1) is 14.3. The van der Waals surface area contributed by atoms with Gasteiger partial charge in [0.25, 0.3) is 0 Å². The predicted octanol–water partition coefficient (Wildman–Crippen LogP) is 2.36. The Kier molecular flexibility index (Phi) is 6.21. The molecule has 0 spiro atoms. The zero-order valence-corrected chi connectivity index (χ0v) is 16.7. The average Bonchev–Trinajstić information content (AvgIpc) is 3.54. The van der Waals surface area contributed by atoms with Crippen molar-refractivity contribution in [1.82, 2.24) is 30.3 Å². The molecule has 29 heavy (non-hydrogen) atoms. The van der Waals surface area contributed by atoms with Crippen molar-refractivity contribution in [3.63, 3.8) is 0 Å². The molecule has 8 heteroatoms. The van der Waals surface area contributed by atoms with Crippen LogP contribution in [0.3, 0.4) is 0 Å². The number of aliphatic imine (C=N–C) groups is 1. The molecular weight excluding hydrogens is 366 g/mol. The quantitative estimate of drug-likeness (QED) is 0.474. The highest BCUT2D eigenvalue weighted by Crippen LogP contribution is 2.24. The average molecular weight is 393 g/mol. The summed E-state index contributed by atoms with van der Waals surface area (Å²) in [6.45, 7) is 3.65. The molecule has 1 aromatic carbocycles. The van der Waals surface area contributed by atoms with Gasteiger partial charge < -0.3 is 15.1 Å². The molecule has 1 unspecified atom stereocenters. The van der Waals surface area contributed by atoms with Crippen molar-refractivity contribution in [2.75, 3.05) is 26.7 Å². The Balaban J connectivity index is 1.32. The first-order valence-corrected chi connectivity index (χ1v) is 9.99. The fourth-order valence-corrected chi connectivity index (χ4v) is 3.65. The number of nitrogens with zero attached hydrogens (tertiary/aromatic N) is 5. The third kappa shape index (κ3) is 4.83. The van der Waals surface area contributed by atoms with E-state index < -0.39 is 0 Å². The molecular formula is C21H27N7O. The molecule has 3 aromatic rings. The van der Waals surface area contributed by atoms with E-state index in [1.807, 2.05) is 18.2 Å². The van der Waals surface area contributed by atoms with Crippen LogP contribution in [0.25, 0.3) is 5.69 Å². The van der Waals surface area contributed by atoms with E-state index in [1.165, 1.54) is 24.7 Å². The van der Waals surface area contributed by atoms with Gasteiger partial charge in [0.2, 0.25) is 0 Å². The predicted molar refractivity (Wildman–Crippen MR) is 112 cm³/mol. The van der Waals surface area contributed by atoms with Gasteiger partial charge in [0.15, 0.2) is 5.96 Å². The second-order valence-corrected chi connectivity index (χ2v) is 7.09. The SMILES string of the molecule is CN=C(NCc1ccc(-n2cncn2)cc1)NCC(c1ccco1)N1CCCC1. The van der Waals surface area contributed by atoms with Gasteiger partial charge in [-0.05, 0) is 55.8 Å². The van der Waals surface area contributed by atoms with Gasteiger partial charge in [0, 0.05) is 20.1 Å². The highest BCUT2D eigenvalue weighted by Gasteiger charge is 2.25. The molecule has 1 saturated heterocycles. The van der Waals surface area contributed by atoms with Crippen molar-refractivity contribution in [2.24, 2.45) is 4.99 Å². The van der Waals surface area contributed by atoms with Crippen LogP contribution < -0.4 is 10.6 Å². The van der Waals surface area contributed by atoms with Crippen LogP contribution in [0.5, 0.6) is 0 Å². The third-order valence-corrected chi connectivity index (χ3v) is 5.22. The molecule has 2 aromatic heterocycles. The maximum absolute atomic E-state index is 5.69. The number of guanidine groups is 1. The van der Waals surface area contributed by atoms with Gasteiger partial charge in [-0.25, -0.2) is 9.67 Å². The van der Waals surface area contributed by atoms with Gasteiger partial charge in [-0.2, -0.15) is 5.10 Å². The Morgan fingerprint density at radius 2 is 2.00 bits per heavy atom. The second kappa shape index (κ2) is 9.38. The molecule has 4 rings (SSSR count). The molecule has 0 bridgehead atoms. The fourth-order valence-electron chi connectivity index (χ4n) is 3.65. The van der Waals surface area contributed by atoms with Gasteiger partial charge in [-0.1, -0.05) is 12.1 Å². The maximum Gasteiger partial charge on any atom is 0.191 e. The first kappa shape index (κ1) is 19.2. The summed E-state index contributed by atoms with van der Waals surface area (Å²) < 4.78 is 7.43. The van der Waals surface area contributed by atoms with Gasteiger partial charge in [-0.15, -0.1) is 0 Å². The van der Waals surface area contributed by atoms with E-state index >= 15 is 0 Å². The number of hydrogen-bond donors (Lipinski definition) is 2. The monoisotopic (exact) mass is 393 g/mol. The molecule has 1 aliphatic rings. The lowest BCUT2D eigenvalue weighted by atomic mass is 10.2. The van der Waals surface area contributed by atoms with Crippen LogP contribution in [0.2, 0.25) is 0 Å². The van der Waals surface area contributed by atoms with Gasteiger partial charge in [-0.3, -0.25) is 9.89 Å². The summed E-state index contributed by atoms with van der Waals surface area (Å²) in [7, 11) is 1.79. The fraction of sp³-hybridized carbons (Fsp3) is 0.381. The standard InChI is InChI=1S/C21H27N7O/c1-22-21(24-13-17-6-8-18(9-7-17)28-16-23-15-26-28)25-14-19(20-5-4-12-29-20)27-10-2-3-11-27/h4-9,12,15-16,19H,2-3,10-11,13-14H2,1H3,(H2,22,24,25). The van der Waals surface area contributed by atoms with Crippen molar-refractivity contribution in [3.05, 3.63) is 66.6 Å². The Morgan fingerprint density at radius 3 is 2.66 bits per heavy atom. The molecule has 1 aliphatic heterocycles. The molecule has 152 valence electrons. The highest BCUT2D eigenvalue weighted by atomic mass is 16.3. The van der Waals surface area contributed by atoms with Gasteiger partial charge >= 0.3 is 0 Å². The number of aromatic nitrogens is 3.